The molecule has 0 atom stereocenters. The summed E-state index contributed by atoms with van der Waals surface area (Å²) in [5, 5.41) is 3.41. The summed E-state index contributed by atoms with van der Waals surface area (Å²) in [7, 11) is 0. The summed E-state index contributed by atoms with van der Waals surface area (Å²) in [6.07, 6.45) is 2.49. The zero-order chi connectivity index (χ0) is 14.5. The molecule has 1 aromatic rings. The lowest BCUT2D eigenvalue weighted by Gasteiger charge is -2.33. The molecule has 1 aromatic carbocycles. The van der Waals surface area contributed by atoms with Gasteiger partial charge in [0.1, 0.15) is 5.82 Å². The third-order valence-electron chi connectivity index (χ3n) is 4.06. The van der Waals surface area contributed by atoms with Crippen LogP contribution in [0.25, 0.3) is 0 Å². The van der Waals surface area contributed by atoms with Crippen molar-refractivity contribution < 1.29 is 4.39 Å². The minimum atomic E-state index is -0.159. The quantitative estimate of drug-likeness (QED) is 0.875. The first-order chi connectivity index (χ1) is 9.56. The van der Waals surface area contributed by atoms with Gasteiger partial charge in [-0.3, -0.25) is 4.90 Å². The lowest BCUT2D eigenvalue weighted by Crippen LogP contribution is -2.39. The fourth-order valence-corrected chi connectivity index (χ4v) is 3.11. The highest BCUT2D eigenvalue weighted by Crippen LogP contribution is 2.22. The third-order valence-corrected chi connectivity index (χ3v) is 4.84. The van der Waals surface area contributed by atoms with Gasteiger partial charge in [0.15, 0.2) is 0 Å². The van der Waals surface area contributed by atoms with Crippen molar-refractivity contribution in [3.63, 3.8) is 0 Å². The van der Waals surface area contributed by atoms with Crippen LogP contribution in [-0.2, 0) is 6.54 Å². The van der Waals surface area contributed by atoms with Crippen LogP contribution in [0.2, 0.25) is 0 Å². The zero-order valence-corrected chi connectivity index (χ0v) is 13.9. The summed E-state index contributed by atoms with van der Waals surface area (Å²) in [5.74, 6) is 0.597. The largest absolute Gasteiger partial charge is 0.317 e. The molecule has 0 spiro atoms. The van der Waals surface area contributed by atoms with E-state index >= 15 is 0 Å². The van der Waals surface area contributed by atoms with Gasteiger partial charge in [0.05, 0.1) is 0 Å². The van der Waals surface area contributed by atoms with Gasteiger partial charge in [0.25, 0.3) is 0 Å². The number of nitrogens with one attached hydrogen (secondary N) is 1. The van der Waals surface area contributed by atoms with Gasteiger partial charge in [-0.15, -0.1) is 0 Å². The smallest absolute Gasteiger partial charge is 0.123 e. The Balaban J connectivity index is 2.02. The van der Waals surface area contributed by atoms with Crippen LogP contribution < -0.4 is 5.32 Å². The van der Waals surface area contributed by atoms with E-state index in [9.17, 15) is 4.39 Å². The van der Waals surface area contributed by atoms with Crippen molar-refractivity contribution in [2.24, 2.45) is 5.92 Å². The van der Waals surface area contributed by atoms with Crippen molar-refractivity contribution in [1.82, 2.24) is 10.2 Å². The van der Waals surface area contributed by atoms with Gasteiger partial charge in [-0.05, 0) is 69.5 Å². The molecule has 2 rings (SSSR count). The molecule has 4 heteroatoms. The molecule has 20 heavy (non-hydrogen) atoms. The van der Waals surface area contributed by atoms with E-state index in [1.54, 1.807) is 12.1 Å². The van der Waals surface area contributed by atoms with Crippen molar-refractivity contribution in [1.29, 1.82) is 0 Å². The Morgan fingerprint density at radius 1 is 1.35 bits per heavy atom. The molecule has 0 aromatic heterocycles. The van der Waals surface area contributed by atoms with E-state index in [0.29, 0.717) is 6.04 Å². The number of benzene rings is 1. The molecule has 112 valence electrons. The molecule has 0 radical (unpaired) electrons. The molecule has 2 nitrogen and oxygen atoms in total. The van der Waals surface area contributed by atoms with Crippen LogP contribution in [0.5, 0.6) is 0 Å². The maximum atomic E-state index is 13.4. The molecule has 0 saturated carbocycles. The second kappa shape index (κ2) is 7.53. The van der Waals surface area contributed by atoms with E-state index in [1.165, 1.54) is 18.9 Å². The Labute approximate surface area is 129 Å². The van der Waals surface area contributed by atoms with Crippen molar-refractivity contribution in [2.75, 3.05) is 19.6 Å². The normalized spacial score (nSPS) is 17.1. The summed E-state index contributed by atoms with van der Waals surface area (Å²) in [6.45, 7) is 8.59. The van der Waals surface area contributed by atoms with Crippen molar-refractivity contribution in [3.05, 3.63) is 34.1 Å². The molecular weight excluding hydrogens is 319 g/mol. The summed E-state index contributed by atoms with van der Waals surface area (Å²) >= 11 is 3.53. The van der Waals surface area contributed by atoms with Crippen molar-refractivity contribution >= 4 is 15.9 Å². The molecule has 0 unspecified atom stereocenters. The second-order valence-electron chi connectivity index (χ2n) is 5.95. The van der Waals surface area contributed by atoms with Gasteiger partial charge in [-0.25, -0.2) is 4.39 Å². The van der Waals surface area contributed by atoms with Crippen LogP contribution in [-0.4, -0.2) is 30.6 Å². The Morgan fingerprint density at radius 3 is 2.70 bits per heavy atom. The molecule has 1 heterocycles. The van der Waals surface area contributed by atoms with Crippen LogP contribution in [0.1, 0.15) is 32.3 Å². The Kier molecular flexibility index (Phi) is 6.00. The second-order valence-corrected chi connectivity index (χ2v) is 6.81. The van der Waals surface area contributed by atoms with Crippen molar-refractivity contribution in [3.8, 4) is 0 Å². The SMILES string of the molecule is CC(C)N(Cc1cc(F)ccc1Br)CC1CCNCC1. The lowest BCUT2D eigenvalue weighted by molar-refractivity contribution is 0.161. The standard InChI is InChI=1S/C16H24BrFN2/c1-12(2)20(10-13-5-7-19-8-6-13)11-14-9-15(18)3-4-16(14)17/h3-4,9,12-13,19H,5-8,10-11H2,1-2H3. The van der Waals surface area contributed by atoms with E-state index in [-0.39, 0.29) is 5.82 Å². The topological polar surface area (TPSA) is 15.3 Å². The van der Waals surface area contributed by atoms with Gasteiger partial charge in [0.2, 0.25) is 0 Å². The first-order valence-electron chi connectivity index (χ1n) is 7.45. The molecule has 1 fully saturated rings. The highest BCUT2D eigenvalue weighted by Gasteiger charge is 2.19. The molecule has 0 amide bonds. The highest BCUT2D eigenvalue weighted by atomic mass is 79.9. The molecule has 1 aliphatic heterocycles. The summed E-state index contributed by atoms with van der Waals surface area (Å²) in [6, 6.07) is 5.41. The maximum Gasteiger partial charge on any atom is 0.123 e. The predicted octanol–water partition coefficient (Wildman–Crippen LogP) is 3.80. The number of nitrogens with zero attached hydrogens (tertiary/aromatic N) is 1. The molecular formula is C16H24BrFN2. The average Bonchev–Trinajstić information content (AvgIpc) is 2.43. The molecule has 1 N–H and O–H groups in total. The van der Waals surface area contributed by atoms with Crippen LogP contribution in [0.15, 0.2) is 22.7 Å². The summed E-state index contributed by atoms with van der Waals surface area (Å²) in [4.78, 5) is 2.45. The van der Waals surface area contributed by atoms with Crippen molar-refractivity contribution in [2.45, 2.75) is 39.3 Å². The highest BCUT2D eigenvalue weighted by molar-refractivity contribution is 9.10. The average molecular weight is 343 g/mol. The van der Waals surface area contributed by atoms with Gasteiger partial charge in [-0.2, -0.15) is 0 Å². The lowest BCUT2D eigenvalue weighted by atomic mass is 9.96. The maximum absolute atomic E-state index is 13.4. The summed E-state index contributed by atoms with van der Waals surface area (Å²) in [5.41, 5.74) is 1.03. The van der Waals surface area contributed by atoms with Crippen LogP contribution >= 0.6 is 15.9 Å². The molecule has 0 aliphatic carbocycles. The van der Waals surface area contributed by atoms with Gasteiger partial charge >= 0.3 is 0 Å². The molecule has 1 saturated heterocycles. The first-order valence-corrected chi connectivity index (χ1v) is 8.24. The fraction of sp³-hybridized carbons (Fsp3) is 0.625. The fourth-order valence-electron chi connectivity index (χ4n) is 2.74. The number of piperidine rings is 1. The Hall–Kier alpha value is -0.450. The molecule has 1 aliphatic rings. The van der Waals surface area contributed by atoms with Crippen LogP contribution in [0.3, 0.4) is 0 Å². The Bertz CT molecular complexity index is 430. The van der Waals surface area contributed by atoms with E-state index in [1.807, 2.05) is 0 Å². The van der Waals surface area contributed by atoms with E-state index in [4.69, 9.17) is 0 Å². The van der Waals surface area contributed by atoms with E-state index in [0.717, 1.165) is 42.1 Å². The van der Waals surface area contributed by atoms with E-state index in [2.05, 4.69) is 40.0 Å². The number of hydrogen-bond acceptors (Lipinski definition) is 2. The van der Waals surface area contributed by atoms with Crippen LogP contribution in [0.4, 0.5) is 4.39 Å². The molecule has 0 bridgehead atoms. The van der Waals surface area contributed by atoms with Crippen LogP contribution in [0, 0.1) is 11.7 Å². The predicted molar refractivity (Wildman–Crippen MR) is 85.2 cm³/mol. The monoisotopic (exact) mass is 342 g/mol. The summed E-state index contributed by atoms with van der Waals surface area (Å²) < 4.78 is 14.4. The number of hydrogen-bond donors (Lipinski definition) is 1. The minimum Gasteiger partial charge on any atom is -0.317 e. The number of rotatable bonds is 5. The Morgan fingerprint density at radius 2 is 2.05 bits per heavy atom. The minimum absolute atomic E-state index is 0.159. The number of halogens is 2. The third kappa shape index (κ3) is 4.54. The van der Waals surface area contributed by atoms with E-state index < -0.39 is 0 Å². The first kappa shape index (κ1) is 15.9. The van der Waals surface area contributed by atoms with Gasteiger partial charge in [-0.1, -0.05) is 15.9 Å². The zero-order valence-electron chi connectivity index (χ0n) is 12.3. The van der Waals surface area contributed by atoms with Gasteiger partial charge < -0.3 is 5.32 Å². The van der Waals surface area contributed by atoms with Gasteiger partial charge in [0, 0.05) is 23.6 Å².